The van der Waals surface area contributed by atoms with Gasteiger partial charge in [-0.05, 0) is 25.1 Å². The molecule has 18 heavy (non-hydrogen) atoms. The highest BCUT2D eigenvalue weighted by atomic mass is 32.1. The topological polar surface area (TPSA) is 55.2 Å². The van der Waals surface area contributed by atoms with Gasteiger partial charge in [-0.2, -0.15) is 0 Å². The molecule has 1 heterocycles. The number of aromatic nitrogens is 2. The third-order valence-electron chi connectivity index (χ3n) is 1.96. The molecule has 8 heteroatoms. The fraction of sp³-hybridized carbons (Fsp3) is 0.200. The van der Waals surface area contributed by atoms with Gasteiger partial charge in [0, 0.05) is 0 Å². The van der Waals surface area contributed by atoms with E-state index in [2.05, 4.69) is 14.9 Å². The van der Waals surface area contributed by atoms with Crippen molar-refractivity contribution in [3.8, 4) is 22.1 Å². The number of nitrogens with zero attached hydrogens (tertiary/aromatic N) is 2. The lowest BCUT2D eigenvalue weighted by Gasteiger charge is -2.10. The van der Waals surface area contributed by atoms with E-state index in [9.17, 15) is 18.3 Å². The summed E-state index contributed by atoms with van der Waals surface area (Å²) in [7, 11) is 0. The molecule has 0 spiro atoms. The van der Waals surface area contributed by atoms with Gasteiger partial charge in [-0.25, -0.2) is 0 Å². The molecule has 2 rings (SSSR count). The van der Waals surface area contributed by atoms with Gasteiger partial charge in [0.25, 0.3) is 0 Å². The molecule has 0 saturated carbocycles. The van der Waals surface area contributed by atoms with Gasteiger partial charge >= 0.3 is 6.36 Å². The molecule has 0 unspecified atom stereocenters. The molecule has 0 aliphatic rings. The van der Waals surface area contributed by atoms with Gasteiger partial charge in [-0.3, -0.25) is 0 Å². The molecular weight excluding hydrogens is 269 g/mol. The van der Waals surface area contributed by atoms with Gasteiger partial charge in [0.05, 0.1) is 5.56 Å². The van der Waals surface area contributed by atoms with E-state index in [4.69, 9.17) is 0 Å². The summed E-state index contributed by atoms with van der Waals surface area (Å²) in [5.74, 6) is -0.594. The minimum Gasteiger partial charge on any atom is -0.507 e. The number of phenols is 1. The number of aromatic hydroxyl groups is 1. The first-order chi connectivity index (χ1) is 8.35. The van der Waals surface area contributed by atoms with Crippen molar-refractivity contribution in [1.29, 1.82) is 0 Å². The van der Waals surface area contributed by atoms with Crippen LogP contribution in [0, 0.1) is 6.92 Å². The van der Waals surface area contributed by atoms with Gasteiger partial charge in [0.15, 0.2) is 5.01 Å². The number of phenolic OH excluding ortho intramolecular Hbond substituents is 1. The van der Waals surface area contributed by atoms with Crippen LogP contribution < -0.4 is 4.74 Å². The predicted octanol–water partition coefficient (Wildman–Crippen LogP) is 3.12. The smallest absolute Gasteiger partial charge is 0.507 e. The summed E-state index contributed by atoms with van der Waals surface area (Å²) in [5, 5.41) is 18.1. The third kappa shape index (κ3) is 2.89. The van der Waals surface area contributed by atoms with E-state index in [1.807, 2.05) is 0 Å². The molecule has 0 aliphatic carbocycles. The second kappa shape index (κ2) is 4.45. The number of hydrogen-bond acceptors (Lipinski definition) is 5. The number of halogens is 3. The van der Waals surface area contributed by atoms with Gasteiger partial charge in [-0.1, -0.05) is 11.3 Å². The molecule has 1 N–H and O–H groups in total. The summed E-state index contributed by atoms with van der Waals surface area (Å²) < 4.78 is 40.0. The van der Waals surface area contributed by atoms with Gasteiger partial charge in [-0.15, -0.1) is 23.4 Å². The van der Waals surface area contributed by atoms with E-state index in [1.54, 1.807) is 6.92 Å². The van der Waals surface area contributed by atoms with Crippen LogP contribution >= 0.6 is 11.3 Å². The maximum atomic E-state index is 12.1. The van der Waals surface area contributed by atoms with Crippen LogP contribution in [0.25, 0.3) is 10.6 Å². The molecular formula is C10H7F3N2O2S. The van der Waals surface area contributed by atoms with Crippen molar-refractivity contribution in [1.82, 2.24) is 10.2 Å². The van der Waals surface area contributed by atoms with Gasteiger partial charge < -0.3 is 9.84 Å². The molecule has 0 bridgehead atoms. The van der Waals surface area contributed by atoms with Crippen LogP contribution in [0.15, 0.2) is 18.2 Å². The summed E-state index contributed by atoms with van der Waals surface area (Å²) in [4.78, 5) is 0. The molecule has 0 aliphatic heterocycles. The first kappa shape index (κ1) is 12.6. The Kier molecular flexibility index (Phi) is 3.12. The summed E-state index contributed by atoms with van der Waals surface area (Å²) in [6.45, 7) is 1.70. The molecule has 0 radical (unpaired) electrons. The number of rotatable bonds is 2. The van der Waals surface area contributed by atoms with Gasteiger partial charge in [0.1, 0.15) is 16.5 Å². The second-order valence-electron chi connectivity index (χ2n) is 3.35. The Hall–Kier alpha value is -1.83. The molecule has 4 nitrogen and oxygen atoms in total. The van der Waals surface area contributed by atoms with Crippen molar-refractivity contribution in [3.05, 3.63) is 23.2 Å². The maximum absolute atomic E-state index is 12.1. The number of benzene rings is 1. The lowest BCUT2D eigenvalue weighted by Crippen LogP contribution is -2.17. The summed E-state index contributed by atoms with van der Waals surface area (Å²) in [5.41, 5.74) is 0.155. The average molecular weight is 276 g/mol. The Labute approximate surface area is 104 Å². The molecule has 2 aromatic rings. The monoisotopic (exact) mass is 276 g/mol. The van der Waals surface area contributed by atoms with E-state index in [0.717, 1.165) is 29.5 Å². The Balaban J connectivity index is 2.39. The van der Waals surface area contributed by atoms with E-state index < -0.39 is 12.1 Å². The number of hydrogen-bond donors (Lipinski definition) is 1. The Morgan fingerprint density at radius 2 is 2.00 bits per heavy atom. The van der Waals surface area contributed by atoms with E-state index in [-0.39, 0.29) is 11.3 Å². The zero-order valence-corrected chi connectivity index (χ0v) is 9.84. The van der Waals surface area contributed by atoms with E-state index in [1.165, 1.54) is 0 Å². The van der Waals surface area contributed by atoms with Crippen molar-refractivity contribution >= 4 is 11.3 Å². The van der Waals surface area contributed by atoms with Crippen molar-refractivity contribution in [3.63, 3.8) is 0 Å². The van der Waals surface area contributed by atoms with Crippen molar-refractivity contribution in [2.45, 2.75) is 13.3 Å². The van der Waals surface area contributed by atoms with Crippen molar-refractivity contribution in [2.75, 3.05) is 0 Å². The summed E-state index contributed by atoms with van der Waals surface area (Å²) in [6, 6.07) is 3.22. The van der Waals surface area contributed by atoms with Crippen LogP contribution in [-0.2, 0) is 0 Å². The largest absolute Gasteiger partial charge is 0.573 e. The zero-order valence-electron chi connectivity index (χ0n) is 9.02. The predicted molar refractivity (Wildman–Crippen MR) is 58.4 cm³/mol. The van der Waals surface area contributed by atoms with Crippen molar-refractivity contribution in [2.24, 2.45) is 0 Å². The lowest BCUT2D eigenvalue weighted by atomic mass is 10.2. The summed E-state index contributed by atoms with van der Waals surface area (Å²) >= 11 is 1.16. The van der Waals surface area contributed by atoms with Crippen LogP contribution in [-0.4, -0.2) is 21.7 Å². The first-order valence-corrected chi connectivity index (χ1v) is 5.56. The van der Waals surface area contributed by atoms with Gasteiger partial charge in [0.2, 0.25) is 0 Å². The highest BCUT2D eigenvalue weighted by molar-refractivity contribution is 7.14. The van der Waals surface area contributed by atoms with Crippen LogP contribution in [0.4, 0.5) is 13.2 Å². The second-order valence-corrected chi connectivity index (χ2v) is 4.53. The highest BCUT2D eigenvalue weighted by Gasteiger charge is 2.31. The SMILES string of the molecule is Cc1nnc(-c2cc(OC(F)(F)F)ccc2O)s1. The molecule has 1 aromatic carbocycles. The van der Waals surface area contributed by atoms with Crippen molar-refractivity contribution < 1.29 is 23.0 Å². The average Bonchev–Trinajstić information content (AvgIpc) is 2.66. The fourth-order valence-corrected chi connectivity index (χ4v) is 2.01. The molecule has 1 aromatic heterocycles. The van der Waals surface area contributed by atoms with Crippen LogP contribution in [0.5, 0.6) is 11.5 Å². The number of aryl methyl sites for hydroxylation is 1. The minimum absolute atomic E-state index is 0.155. The Bertz CT molecular complexity index is 568. The summed E-state index contributed by atoms with van der Waals surface area (Å²) in [6.07, 6.45) is -4.77. The van der Waals surface area contributed by atoms with Crippen LogP contribution in [0.2, 0.25) is 0 Å². The van der Waals surface area contributed by atoms with Crippen LogP contribution in [0.3, 0.4) is 0 Å². The molecule has 0 saturated heterocycles. The molecule has 96 valence electrons. The van der Waals surface area contributed by atoms with E-state index in [0.29, 0.717) is 10.0 Å². The van der Waals surface area contributed by atoms with Crippen LogP contribution in [0.1, 0.15) is 5.01 Å². The lowest BCUT2D eigenvalue weighted by molar-refractivity contribution is -0.274. The first-order valence-electron chi connectivity index (χ1n) is 4.74. The number of alkyl halides is 3. The maximum Gasteiger partial charge on any atom is 0.573 e. The molecule has 0 amide bonds. The quantitative estimate of drug-likeness (QED) is 0.915. The standard InChI is InChI=1S/C10H7F3N2O2S/c1-5-14-15-9(18-5)7-4-6(2-3-8(7)16)17-10(11,12)13/h2-4,16H,1H3. The zero-order chi connectivity index (χ0) is 13.3. The molecule has 0 atom stereocenters. The Morgan fingerprint density at radius 1 is 1.28 bits per heavy atom. The minimum atomic E-state index is -4.77. The van der Waals surface area contributed by atoms with E-state index >= 15 is 0 Å². The Morgan fingerprint density at radius 3 is 2.56 bits per heavy atom. The fourth-order valence-electron chi connectivity index (χ4n) is 1.29. The third-order valence-corrected chi connectivity index (χ3v) is 2.83. The highest BCUT2D eigenvalue weighted by Crippen LogP contribution is 2.35. The molecule has 0 fully saturated rings. The normalized spacial score (nSPS) is 11.6. The number of ether oxygens (including phenoxy) is 1.